The number of thiophene rings is 1. The molecule has 0 saturated carbocycles. The van der Waals surface area contributed by atoms with Crippen LogP contribution in [0.1, 0.15) is 11.3 Å². The van der Waals surface area contributed by atoms with Gasteiger partial charge in [0.15, 0.2) is 0 Å². The zero-order valence-corrected chi connectivity index (χ0v) is 12.5. The molecule has 1 unspecified atom stereocenters. The van der Waals surface area contributed by atoms with Gasteiger partial charge in [-0.1, -0.05) is 17.7 Å². The van der Waals surface area contributed by atoms with Crippen LogP contribution in [0.5, 0.6) is 0 Å². The van der Waals surface area contributed by atoms with Gasteiger partial charge in [-0.3, -0.25) is 4.79 Å². The van der Waals surface area contributed by atoms with Crippen molar-refractivity contribution in [2.24, 2.45) is 5.73 Å². The van der Waals surface area contributed by atoms with Crippen molar-refractivity contribution in [1.29, 1.82) is 0 Å². The van der Waals surface area contributed by atoms with E-state index in [1.807, 2.05) is 12.1 Å². The maximum absolute atomic E-state index is 12.2. The molecule has 0 radical (unpaired) electrons. The summed E-state index contributed by atoms with van der Waals surface area (Å²) in [5.41, 5.74) is 5.53. The fraction of sp³-hybridized carbons (Fsp3) is 0.462. The highest BCUT2D eigenvalue weighted by Gasteiger charge is 2.18. The van der Waals surface area contributed by atoms with Gasteiger partial charge in [-0.25, -0.2) is 0 Å². The van der Waals surface area contributed by atoms with E-state index in [4.69, 9.17) is 22.1 Å². The minimum atomic E-state index is -0.244. The maximum atomic E-state index is 12.2. The van der Waals surface area contributed by atoms with Gasteiger partial charge in [-0.2, -0.15) is 0 Å². The van der Waals surface area contributed by atoms with Gasteiger partial charge >= 0.3 is 0 Å². The Morgan fingerprint density at radius 3 is 2.89 bits per heavy atom. The second kappa shape index (κ2) is 8.32. The van der Waals surface area contributed by atoms with E-state index in [0.717, 1.165) is 9.21 Å². The number of ether oxygens (including phenoxy) is 1. The molecule has 19 heavy (non-hydrogen) atoms. The van der Waals surface area contributed by atoms with Crippen LogP contribution in [0.4, 0.5) is 0 Å². The number of halogens is 1. The molecule has 1 heterocycles. The number of nitrogens with two attached hydrogens (primary N) is 1. The molecule has 6 heteroatoms. The van der Waals surface area contributed by atoms with Gasteiger partial charge in [0, 0.05) is 25.1 Å². The van der Waals surface area contributed by atoms with E-state index in [0.29, 0.717) is 19.6 Å². The van der Waals surface area contributed by atoms with Gasteiger partial charge in [-0.15, -0.1) is 17.9 Å². The van der Waals surface area contributed by atoms with Gasteiger partial charge in [0.05, 0.1) is 23.4 Å². The number of rotatable bonds is 8. The van der Waals surface area contributed by atoms with Crippen LogP contribution in [0.2, 0.25) is 4.34 Å². The lowest BCUT2D eigenvalue weighted by Gasteiger charge is -2.22. The van der Waals surface area contributed by atoms with Crippen molar-refractivity contribution in [1.82, 2.24) is 4.90 Å². The molecule has 0 saturated heterocycles. The highest BCUT2D eigenvalue weighted by atomic mass is 35.5. The van der Waals surface area contributed by atoms with Crippen molar-refractivity contribution in [2.45, 2.75) is 19.1 Å². The third-order valence-corrected chi connectivity index (χ3v) is 3.89. The predicted molar refractivity (Wildman–Crippen MR) is 79.4 cm³/mol. The van der Waals surface area contributed by atoms with Crippen LogP contribution in [-0.4, -0.2) is 37.1 Å². The molecule has 4 nitrogen and oxygen atoms in total. The average molecular weight is 303 g/mol. The molecule has 0 bridgehead atoms. The van der Waals surface area contributed by atoms with Crippen LogP contribution in [0.3, 0.4) is 0 Å². The van der Waals surface area contributed by atoms with Crippen molar-refractivity contribution in [3.05, 3.63) is 34.0 Å². The SMILES string of the molecule is C=CCN(Cc1ccc(Cl)s1)C(=O)CC(CN)OC. The summed E-state index contributed by atoms with van der Waals surface area (Å²) in [6.07, 6.45) is 1.74. The normalized spacial score (nSPS) is 12.2. The van der Waals surface area contributed by atoms with Crippen LogP contribution >= 0.6 is 22.9 Å². The van der Waals surface area contributed by atoms with Crippen molar-refractivity contribution in [3.63, 3.8) is 0 Å². The van der Waals surface area contributed by atoms with E-state index < -0.39 is 0 Å². The second-order valence-corrected chi connectivity index (χ2v) is 5.87. The first-order chi connectivity index (χ1) is 9.10. The lowest BCUT2D eigenvalue weighted by atomic mass is 10.2. The molecule has 0 aliphatic carbocycles. The van der Waals surface area contributed by atoms with Crippen LogP contribution in [-0.2, 0) is 16.1 Å². The minimum Gasteiger partial charge on any atom is -0.380 e. The van der Waals surface area contributed by atoms with Crippen LogP contribution in [0.15, 0.2) is 24.8 Å². The fourth-order valence-corrected chi connectivity index (χ4v) is 2.73. The van der Waals surface area contributed by atoms with E-state index >= 15 is 0 Å². The molecule has 0 fully saturated rings. The molecule has 1 aromatic rings. The summed E-state index contributed by atoms with van der Waals surface area (Å²) < 4.78 is 5.86. The summed E-state index contributed by atoms with van der Waals surface area (Å²) in [5, 5.41) is 0. The zero-order chi connectivity index (χ0) is 14.3. The van der Waals surface area contributed by atoms with Gasteiger partial charge in [0.2, 0.25) is 5.91 Å². The van der Waals surface area contributed by atoms with Crippen molar-refractivity contribution < 1.29 is 9.53 Å². The Balaban J connectivity index is 2.65. The van der Waals surface area contributed by atoms with E-state index in [1.165, 1.54) is 11.3 Å². The highest BCUT2D eigenvalue weighted by Crippen LogP contribution is 2.23. The third-order valence-electron chi connectivity index (χ3n) is 2.68. The number of methoxy groups -OCH3 is 1. The van der Waals surface area contributed by atoms with Gasteiger partial charge in [-0.05, 0) is 12.1 Å². The first-order valence-electron chi connectivity index (χ1n) is 5.96. The summed E-state index contributed by atoms with van der Waals surface area (Å²) in [6, 6.07) is 3.75. The highest BCUT2D eigenvalue weighted by molar-refractivity contribution is 7.16. The average Bonchev–Trinajstić information content (AvgIpc) is 2.80. The molecular formula is C13H19ClN2O2S. The molecule has 0 aromatic carbocycles. The Labute approximate surface area is 122 Å². The summed E-state index contributed by atoms with van der Waals surface area (Å²) in [4.78, 5) is 14.9. The predicted octanol–water partition coefficient (Wildman–Crippen LogP) is 2.28. The number of nitrogens with zero attached hydrogens (tertiary/aromatic N) is 1. The van der Waals surface area contributed by atoms with Crippen molar-refractivity contribution in [3.8, 4) is 0 Å². The lowest BCUT2D eigenvalue weighted by Crippen LogP contribution is -2.35. The van der Waals surface area contributed by atoms with Gasteiger partial charge < -0.3 is 15.4 Å². The van der Waals surface area contributed by atoms with E-state index in [2.05, 4.69) is 6.58 Å². The molecular weight excluding hydrogens is 284 g/mol. The quantitative estimate of drug-likeness (QED) is 0.750. The summed E-state index contributed by atoms with van der Waals surface area (Å²) in [6.45, 7) is 5.03. The number of hydrogen-bond donors (Lipinski definition) is 1. The number of hydrogen-bond acceptors (Lipinski definition) is 4. The molecule has 106 valence electrons. The molecule has 1 atom stereocenters. The molecule has 0 aliphatic heterocycles. The van der Waals surface area contributed by atoms with Crippen LogP contribution in [0.25, 0.3) is 0 Å². The third kappa shape index (κ3) is 5.32. The summed E-state index contributed by atoms with van der Waals surface area (Å²) in [7, 11) is 1.56. The van der Waals surface area contributed by atoms with Gasteiger partial charge in [0.1, 0.15) is 0 Å². The van der Waals surface area contributed by atoms with Crippen LogP contribution in [0, 0.1) is 0 Å². The Morgan fingerprint density at radius 2 is 2.42 bits per heavy atom. The van der Waals surface area contributed by atoms with E-state index in [1.54, 1.807) is 18.1 Å². The topological polar surface area (TPSA) is 55.6 Å². The number of carbonyl (C=O) groups excluding carboxylic acids is 1. The largest absolute Gasteiger partial charge is 0.380 e. The van der Waals surface area contributed by atoms with E-state index in [-0.39, 0.29) is 18.4 Å². The van der Waals surface area contributed by atoms with Gasteiger partial charge in [0.25, 0.3) is 0 Å². The zero-order valence-electron chi connectivity index (χ0n) is 11.0. The number of carbonyl (C=O) groups is 1. The Kier molecular flexibility index (Phi) is 7.09. The number of amides is 1. The molecule has 1 rings (SSSR count). The molecule has 0 aliphatic rings. The summed E-state index contributed by atoms with van der Waals surface area (Å²) >= 11 is 7.36. The first kappa shape index (κ1) is 16.2. The van der Waals surface area contributed by atoms with Crippen molar-refractivity contribution >= 4 is 28.8 Å². The summed E-state index contributed by atoms with van der Waals surface area (Å²) in [5.74, 6) is 0.00159. The molecule has 1 amide bonds. The molecule has 0 spiro atoms. The Bertz CT molecular complexity index is 419. The van der Waals surface area contributed by atoms with Crippen LogP contribution < -0.4 is 5.73 Å². The monoisotopic (exact) mass is 302 g/mol. The second-order valence-electron chi connectivity index (χ2n) is 4.07. The molecule has 1 aromatic heterocycles. The van der Waals surface area contributed by atoms with Crippen molar-refractivity contribution in [2.75, 3.05) is 20.2 Å². The first-order valence-corrected chi connectivity index (χ1v) is 7.15. The standard InChI is InChI=1S/C13H19ClN2O2S/c1-3-6-16(9-11-4-5-12(14)19-11)13(17)7-10(8-15)18-2/h3-5,10H,1,6-9,15H2,2H3. The van der Waals surface area contributed by atoms with E-state index in [9.17, 15) is 4.79 Å². The Morgan fingerprint density at radius 1 is 1.68 bits per heavy atom. The maximum Gasteiger partial charge on any atom is 0.225 e. The molecule has 2 N–H and O–H groups in total. The fourth-order valence-electron chi connectivity index (χ4n) is 1.62. The minimum absolute atomic E-state index is 0.00159. The Hall–Kier alpha value is -0.880. The smallest absolute Gasteiger partial charge is 0.225 e. The lowest BCUT2D eigenvalue weighted by molar-refractivity contribution is -0.133.